The van der Waals surface area contributed by atoms with E-state index in [0.717, 1.165) is 24.0 Å². The third-order valence-electron chi connectivity index (χ3n) is 4.15. The van der Waals surface area contributed by atoms with Gasteiger partial charge in [-0.3, -0.25) is 0 Å². The Kier molecular flexibility index (Phi) is 2.54. The van der Waals surface area contributed by atoms with Crippen LogP contribution in [0.2, 0.25) is 0 Å². The van der Waals surface area contributed by atoms with Crippen molar-refractivity contribution in [3.05, 3.63) is 51.5 Å². The lowest BCUT2D eigenvalue weighted by molar-refractivity contribution is 0.188. The Morgan fingerprint density at radius 2 is 1.89 bits per heavy atom. The summed E-state index contributed by atoms with van der Waals surface area (Å²) >= 11 is 0. The molecule has 0 saturated heterocycles. The highest BCUT2D eigenvalue weighted by Crippen LogP contribution is 2.42. The van der Waals surface area contributed by atoms with Crippen molar-refractivity contribution < 1.29 is 9.13 Å². The molecule has 0 atom stereocenters. The van der Waals surface area contributed by atoms with Crippen LogP contribution in [-0.2, 0) is 11.3 Å². The number of hydrogen-bond acceptors (Lipinski definition) is 1. The van der Waals surface area contributed by atoms with Gasteiger partial charge in [0.15, 0.2) is 11.6 Å². The minimum atomic E-state index is -0.153. The molecule has 0 saturated carbocycles. The van der Waals surface area contributed by atoms with Crippen LogP contribution in [0.5, 0.6) is 0 Å². The lowest BCUT2D eigenvalue weighted by Gasteiger charge is -2.28. The Labute approximate surface area is 107 Å². The van der Waals surface area contributed by atoms with Crippen LogP contribution in [0.1, 0.15) is 42.0 Å². The second-order valence-corrected chi connectivity index (χ2v) is 5.22. The molecule has 2 heteroatoms. The van der Waals surface area contributed by atoms with E-state index in [2.05, 4.69) is 26.0 Å². The van der Waals surface area contributed by atoms with Crippen LogP contribution in [0.4, 0.5) is 4.39 Å². The molecule has 0 amide bonds. The van der Waals surface area contributed by atoms with Crippen molar-refractivity contribution in [3.8, 4) is 0 Å². The van der Waals surface area contributed by atoms with Gasteiger partial charge in [0.2, 0.25) is 0 Å². The number of rotatable bonds is 0. The molecule has 0 spiro atoms. The monoisotopic (exact) mass is 244 g/mol. The van der Waals surface area contributed by atoms with E-state index in [1.807, 2.05) is 6.92 Å². The highest BCUT2D eigenvalue weighted by atomic mass is 19.1. The molecule has 1 nitrogen and oxygen atoms in total. The highest BCUT2D eigenvalue weighted by molar-refractivity contribution is 5.76. The first-order valence-corrected chi connectivity index (χ1v) is 6.40. The Hall–Kier alpha value is -1.57. The first kappa shape index (κ1) is 11.5. The van der Waals surface area contributed by atoms with E-state index in [-0.39, 0.29) is 5.83 Å². The number of ether oxygens (including phenoxy) is 1. The van der Waals surface area contributed by atoms with E-state index >= 15 is 0 Å². The molecule has 0 bridgehead atoms. The summed E-state index contributed by atoms with van der Waals surface area (Å²) in [5.41, 5.74) is 6.79. The third-order valence-corrected chi connectivity index (χ3v) is 4.15. The van der Waals surface area contributed by atoms with E-state index < -0.39 is 0 Å². The summed E-state index contributed by atoms with van der Waals surface area (Å²) in [7, 11) is 0. The molecule has 3 rings (SSSR count). The predicted octanol–water partition coefficient (Wildman–Crippen LogP) is 4.58. The molecule has 0 N–H and O–H groups in total. The van der Waals surface area contributed by atoms with Gasteiger partial charge in [0, 0.05) is 11.1 Å². The second-order valence-electron chi connectivity index (χ2n) is 5.22. The molecule has 1 aliphatic carbocycles. The van der Waals surface area contributed by atoms with Crippen molar-refractivity contribution in [1.29, 1.82) is 0 Å². The highest BCUT2D eigenvalue weighted by Gasteiger charge is 2.28. The van der Waals surface area contributed by atoms with Crippen molar-refractivity contribution in [2.75, 3.05) is 0 Å². The van der Waals surface area contributed by atoms with Crippen LogP contribution in [-0.4, -0.2) is 0 Å². The van der Waals surface area contributed by atoms with Crippen molar-refractivity contribution in [2.45, 2.75) is 40.2 Å². The van der Waals surface area contributed by atoms with Crippen molar-refractivity contribution in [3.63, 3.8) is 0 Å². The van der Waals surface area contributed by atoms with Gasteiger partial charge in [0.05, 0.1) is 0 Å². The molecule has 0 radical (unpaired) electrons. The van der Waals surface area contributed by atoms with Crippen LogP contribution in [0.3, 0.4) is 0 Å². The van der Waals surface area contributed by atoms with Gasteiger partial charge >= 0.3 is 0 Å². The lowest BCUT2D eigenvalue weighted by Crippen LogP contribution is -2.14. The summed E-state index contributed by atoms with van der Waals surface area (Å²) in [5, 5.41) is 0. The zero-order valence-corrected chi connectivity index (χ0v) is 11.1. The number of halogens is 1. The van der Waals surface area contributed by atoms with Crippen LogP contribution in [0.25, 0.3) is 5.57 Å². The normalized spacial score (nSPS) is 18.4. The SMILES string of the molecule is CC1=C(F)C2=C(CC1)c1ccc(C)c(C)c1CO2. The van der Waals surface area contributed by atoms with Crippen molar-refractivity contribution >= 4 is 5.57 Å². The molecule has 0 fully saturated rings. The molecular formula is C16H17FO. The largest absolute Gasteiger partial charge is 0.485 e. The maximum absolute atomic E-state index is 14.1. The Morgan fingerprint density at radius 1 is 1.11 bits per heavy atom. The van der Waals surface area contributed by atoms with Crippen LogP contribution in [0, 0.1) is 13.8 Å². The molecule has 1 heterocycles. The van der Waals surface area contributed by atoms with Crippen LogP contribution in [0.15, 0.2) is 29.3 Å². The second kappa shape index (κ2) is 3.98. The molecular weight excluding hydrogens is 227 g/mol. The molecule has 1 aliphatic heterocycles. The van der Waals surface area contributed by atoms with Gasteiger partial charge in [-0.05, 0) is 55.9 Å². The van der Waals surface area contributed by atoms with Crippen molar-refractivity contribution in [2.24, 2.45) is 0 Å². The molecule has 1 aromatic rings. The van der Waals surface area contributed by atoms with Gasteiger partial charge in [-0.15, -0.1) is 0 Å². The van der Waals surface area contributed by atoms with E-state index in [1.54, 1.807) is 0 Å². The first-order valence-electron chi connectivity index (χ1n) is 6.40. The number of aryl methyl sites for hydroxylation is 1. The predicted molar refractivity (Wildman–Crippen MR) is 70.7 cm³/mol. The molecule has 18 heavy (non-hydrogen) atoms. The van der Waals surface area contributed by atoms with Gasteiger partial charge in [0.25, 0.3) is 0 Å². The summed E-state index contributed by atoms with van der Waals surface area (Å²) < 4.78 is 19.8. The summed E-state index contributed by atoms with van der Waals surface area (Å²) in [6.07, 6.45) is 1.67. The zero-order chi connectivity index (χ0) is 12.9. The minimum Gasteiger partial charge on any atom is -0.485 e. The topological polar surface area (TPSA) is 9.23 Å². The summed E-state index contributed by atoms with van der Waals surface area (Å²) in [6.45, 7) is 6.55. The quantitative estimate of drug-likeness (QED) is 0.649. The fourth-order valence-corrected chi connectivity index (χ4v) is 2.76. The molecule has 2 aliphatic rings. The van der Waals surface area contributed by atoms with Crippen molar-refractivity contribution in [1.82, 2.24) is 0 Å². The summed E-state index contributed by atoms with van der Waals surface area (Å²) in [4.78, 5) is 0. The minimum absolute atomic E-state index is 0.153. The smallest absolute Gasteiger partial charge is 0.164 e. The summed E-state index contributed by atoms with van der Waals surface area (Å²) in [5.74, 6) is 0.328. The molecule has 0 unspecified atom stereocenters. The standard InChI is InChI=1S/C16H17FO/c1-9-4-6-12-13-7-5-10(2)15(17)16(13)18-8-14(12)11(9)3/h4,6H,5,7-8H2,1-3H3. The average molecular weight is 244 g/mol. The van der Waals surface area contributed by atoms with E-state index in [0.29, 0.717) is 12.4 Å². The first-order chi connectivity index (χ1) is 8.59. The maximum atomic E-state index is 14.1. The Morgan fingerprint density at radius 3 is 2.67 bits per heavy atom. The number of allylic oxidation sites excluding steroid dienone is 3. The van der Waals surface area contributed by atoms with Gasteiger partial charge in [-0.2, -0.15) is 0 Å². The van der Waals surface area contributed by atoms with Gasteiger partial charge in [0.1, 0.15) is 6.61 Å². The fourth-order valence-electron chi connectivity index (χ4n) is 2.76. The number of hydrogen-bond donors (Lipinski definition) is 0. The molecule has 94 valence electrons. The molecule has 1 aromatic carbocycles. The Bertz CT molecular complexity index is 593. The lowest BCUT2D eigenvalue weighted by atomic mass is 9.85. The summed E-state index contributed by atoms with van der Waals surface area (Å²) in [6, 6.07) is 4.23. The van der Waals surface area contributed by atoms with Gasteiger partial charge in [-0.1, -0.05) is 12.1 Å². The van der Waals surface area contributed by atoms with E-state index in [9.17, 15) is 4.39 Å². The van der Waals surface area contributed by atoms with Crippen LogP contribution < -0.4 is 0 Å². The average Bonchev–Trinajstić information content (AvgIpc) is 2.38. The van der Waals surface area contributed by atoms with Gasteiger partial charge < -0.3 is 4.74 Å². The Balaban J connectivity index is 2.22. The third kappa shape index (κ3) is 1.52. The maximum Gasteiger partial charge on any atom is 0.164 e. The number of fused-ring (bicyclic) bond motifs is 2. The fraction of sp³-hybridized carbons (Fsp3) is 0.375. The molecule has 0 aromatic heterocycles. The van der Waals surface area contributed by atoms with E-state index in [1.165, 1.54) is 22.3 Å². The van der Waals surface area contributed by atoms with E-state index in [4.69, 9.17) is 4.74 Å². The number of benzene rings is 1. The van der Waals surface area contributed by atoms with Gasteiger partial charge in [-0.25, -0.2) is 4.39 Å². The van der Waals surface area contributed by atoms with Crippen LogP contribution >= 0.6 is 0 Å². The zero-order valence-electron chi connectivity index (χ0n) is 11.1.